The Hall–Kier alpha value is -2.74. The zero-order valence-electron chi connectivity index (χ0n) is 18.9. The Morgan fingerprint density at radius 1 is 0.938 bits per heavy atom. The van der Waals surface area contributed by atoms with Gasteiger partial charge in [-0.25, -0.2) is 0 Å². The molecule has 0 radical (unpaired) electrons. The van der Waals surface area contributed by atoms with E-state index in [1.54, 1.807) is 0 Å². The van der Waals surface area contributed by atoms with Crippen LogP contribution in [0.3, 0.4) is 0 Å². The van der Waals surface area contributed by atoms with Crippen LogP contribution in [0.1, 0.15) is 63.4 Å². The van der Waals surface area contributed by atoms with Gasteiger partial charge >= 0.3 is 0 Å². The number of allylic oxidation sites excluding steroid dienone is 5. The van der Waals surface area contributed by atoms with Crippen LogP contribution in [0.25, 0.3) is 10.8 Å². The molecule has 2 nitrogen and oxygen atoms in total. The van der Waals surface area contributed by atoms with Gasteiger partial charge in [0, 0.05) is 25.0 Å². The number of nitrogens with zero attached hydrogens (tertiary/aromatic N) is 1. The molecule has 5 rings (SSSR count). The SMILES string of the molecule is O=C(CCc1cccc2ccccc12)CC1CCCC(C2=NC=CCC3=C2C=CC3)CC1. The predicted molar refractivity (Wildman–Crippen MR) is 134 cm³/mol. The van der Waals surface area contributed by atoms with Crippen molar-refractivity contribution in [2.24, 2.45) is 16.8 Å². The summed E-state index contributed by atoms with van der Waals surface area (Å²) in [4.78, 5) is 17.7. The largest absolute Gasteiger partial charge is 0.300 e. The van der Waals surface area contributed by atoms with Crippen molar-refractivity contribution in [1.82, 2.24) is 0 Å². The number of fused-ring (bicyclic) bond motifs is 1. The van der Waals surface area contributed by atoms with E-state index in [0.717, 1.165) is 32.1 Å². The molecular formula is C30H33NO. The average Bonchev–Trinajstić information content (AvgIpc) is 3.03. The van der Waals surface area contributed by atoms with Crippen LogP contribution in [-0.4, -0.2) is 11.5 Å². The number of ketones is 1. The van der Waals surface area contributed by atoms with Crippen molar-refractivity contribution in [3.63, 3.8) is 0 Å². The molecular weight excluding hydrogens is 390 g/mol. The van der Waals surface area contributed by atoms with Crippen LogP contribution in [0, 0.1) is 11.8 Å². The minimum Gasteiger partial charge on any atom is -0.300 e. The van der Waals surface area contributed by atoms with Crippen molar-refractivity contribution in [2.75, 3.05) is 0 Å². The highest BCUT2D eigenvalue weighted by Crippen LogP contribution is 2.36. The molecule has 2 atom stereocenters. The highest BCUT2D eigenvalue weighted by Gasteiger charge is 2.27. The third-order valence-electron chi connectivity index (χ3n) is 7.53. The molecule has 2 aromatic carbocycles. The molecule has 32 heavy (non-hydrogen) atoms. The number of carbonyl (C=O) groups is 1. The molecule has 0 N–H and O–H groups in total. The lowest BCUT2D eigenvalue weighted by atomic mass is 9.87. The molecule has 1 fully saturated rings. The first-order valence-electron chi connectivity index (χ1n) is 12.4. The fourth-order valence-corrected chi connectivity index (χ4v) is 5.79. The quantitative estimate of drug-likeness (QED) is 0.441. The molecule has 3 aliphatic rings. The van der Waals surface area contributed by atoms with Crippen LogP contribution in [0.4, 0.5) is 0 Å². The number of benzene rings is 2. The molecule has 164 valence electrons. The fourth-order valence-electron chi connectivity index (χ4n) is 5.79. The monoisotopic (exact) mass is 423 g/mol. The summed E-state index contributed by atoms with van der Waals surface area (Å²) >= 11 is 0. The maximum Gasteiger partial charge on any atom is 0.133 e. The minimum absolute atomic E-state index is 0.430. The summed E-state index contributed by atoms with van der Waals surface area (Å²) in [6.45, 7) is 0. The Balaban J connectivity index is 1.17. The number of hydrogen-bond donors (Lipinski definition) is 0. The van der Waals surface area contributed by atoms with Crippen molar-refractivity contribution in [1.29, 1.82) is 0 Å². The van der Waals surface area contributed by atoms with Crippen molar-refractivity contribution < 1.29 is 4.79 Å². The highest BCUT2D eigenvalue weighted by molar-refractivity contribution is 6.06. The number of rotatable bonds is 6. The van der Waals surface area contributed by atoms with Gasteiger partial charge in [0.05, 0.1) is 5.71 Å². The van der Waals surface area contributed by atoms with E-state index in [1.807, 2.05) is 6.20 Å². The standard InChI is InChI=1S/C30H33NO/c32-27(19-18-25-10-4-9-23-8-1-2-14-28(23)25)21-22-7-3-12-26(17-16-22)30-29-15-5-11-24(29)13-6-20-31-30/h1-2,4-6,8-10,14-15,20,22,26H,3,7,11-13,16-19,21H2. The number of Topliss-reactive ketones (excluding diaryl/α,β-unsaturated/α-hetero) is 1. The zero-order valence-corrected chi connectivity index (χ0v) is 18.9. The predicted octanol–water partition coefficient (Wildman–Crippen LogP) is 7.54. The molecule has 2 unspecified atom stereocenters. The first-order chi connectivity index (χ1) is 15.8. The van der Waals surface area contributed by atoms with Gasteiger partial charge in [-0.1, -0.05) is 79.1 Å². The molecule has 0 aromatic heterocycles. The normalized spacial score (nSPS) is 23.1. The van der Waals surface area contributed by atoms with Crippen LogP contribution in [0.5, 0.6) is 0 Å². The van der Waals surface area contributed by atoms with E-state index in [2.05, 4.69) is 60.7 Å². The van der Waals surface area contributed by atoms with Gasteiger partial charge in [0.2, 0.25) is 0 Å². The van der Waals surface area contributed by atoms with Gasteiger partial charge in [-0.15, -0.1) is 0 Å². The van der Waals surface area contributed by atoms with Crippen LogP contribution >= 0.6 is 0 Å². The van der Waals surface area contributed by atoms with E-state index >= 15 is 0 Å². The maximum absolute atomic E-state index is 12.9. The van der Waals surface area contributed by atoms with Crippen molar-refractivity contribution in [3.8, 4) is 0 Å². The molecule has 0 saturated heterocycles. The number of aryl methyl sites for hydroxylation is 1. The molecule has 0 amide bonds. The maximum atomic E-state index is 12.9. The molecule has 2 aromatic rings. The van der Waals surface area contributed by atoms with Gasteiger partial charge in [-0.3, -0.25) is 9.79 Å². The van der Waals surface area contributed by atoms with Crippen LogP contribution < -0.4 is 0 Å². The Morgan fingerprint density at radius 2 is 1.81 bits per heavy atom. The second-order valence-electron chi connectivity index (χ2n) is 9.68. The lowest BCUT2D eigenvalue weighted by Gasteiger charge is -2.18. The molecule has 0 bridgehead atoms. The third kappa shape index (κ3) is 4.70. The Labute approximate surface area is 191 Å². The lowest BCUT2D eigenvalue weighted by Crippen LogP contribution is -2.16. The van der Waals surface area contributed by atoms with Gasteiger partial charge in [0.25, 0.3) is 0 Å². The Bertz CT molecular complexity index is 1110. The molecule has 1 heterocycles. The summed E-state index contributed by atoms with van der Waals surface area (Å²) in [5.74, 6) is 1.51. The zero-order chi connectivity index (χ0) is 21.8. The van der Waals surface area contributed by atoms with Gasteiger partial charge < -0.3 is 0 Å². The Morgan fingerprint density at radius 3 is 2.78 bits per heavy atom. The second kappa shape index (κ2) is 9.81. The summed E-state index contributed by atoms with van der Waals surface area (Å²) < 4.78 is 0. The van der Waals surface area contributed by atoms with Crippen molar-refractivity contribution in [2.45, 2.75) is 64.2 Å². The van der Waals surface area contributed by atoms with Crippen LogP contribution in [0.15, 0.2) is 83.0 Å². The van der Waals surface area contributed by atoms with Crippen LogP contribution in [-0.2, 0) is 11.2 Å². The molecule has 1 saturated carbocycles. The van der Waals surface area contributed by atoms with Gasteiger partial charge in [0.1, 0.15) is 5.78 Å². The first kappa shape index (κ1) is 21.1. The topological polar surface area (TPSA) is 29.4 Å². The summed E-state index contributed by atoms with van der Waals surface area (Å²) in [6.07, 6.45) is 19.1. The third-order valence-corrected chi connectivity index (χ3v) is 7.53. The first-order valence-corrected chi connectivity index (χ1v) is 12.4. The molecule has 1 aliphatic heterocycles. The lowest BCUT2D eigenvalue weighted by molar-refractivity contribution is -0.120. The summed E-state index contributed by atoms with van der Waals surface area (Å²) in [6, 6.07) is 14.9. The Kier molecular flexibility index (Phi) is 6.48. The van der Waals surface area contributed by atoms with Crippen LogP contribution in [0.2, 0.25) is 0 Å². The van der Waals surface area contributed by atoms with E-state index in [1.165, 1.54) is 58.9 Å². The van der Waals surface area contributed by atoms with Gasteiger partial charge in [0.15, 0.2) is 0 Å². The smallest absolute Gasteiger partial charge is 0.133 e. The highest BCUT2D eigenvalue weighted by atomic mass is 16.1. The van der Waals surface area contributed by atoms with Crippen molar-refractivity contribution in [3.05, 3.63) is 83.6 Å². The number of aliphatic imine (C=N–C) groups is 1. The van der Waals surface area contributed by atoms with Gasteiger partial charge in [-0.2, -0.15) is 0 Å². The van der Waals surface area contributed by atoms with Crippen molar-refractivity contribution >= 4 is 22.3 Å². The van der Waals surface area contributed by atoms with E-state index in [9.17, 15) is 4.79 Å². The minimum atomic E-state index is 0.430. The molecule has 0 spiro atoms. The summed E-state index contributed by atoms with van der Waals surface area (Å²) in [7, 11) is 0. The van der Waals surface area contributed by atoms with Gasteiger partial charge in [-0.05, 0) is 66.4 Å². The summed E-state index contributed by atoms with van der Waals surface area (Å²) in [5, 5.41) is 2.55. The molecule has 2 heteroatoms. The van der Waals surface area contributed by atoms with E-state index in [4.69, 9.17) is 4.99 Å². The molecule has 2 aliphatic carbocycles. The summed E-state index contributed by atoms with van der Waals surface area (Å²) in [5.41, 5.74) is 5.54. The fraction of sp³-hybridized carbons (Fsp3) is 0.400. The number of carbonyl (C=O) groups excluding carboxylic acids is 1. The van der Waals surface area contributed by atoms with E-state index in [0.29, 0.717) is 24.0 Å². The van der Waals surface area contributed by atoms with E-state index < -0.39 is 0 Å². The van der Waals surface area contributed by atoms with E-state index in [-0.39, 0.29) is 0 Å². The second-order valence-corrected chi connectivity index (χ2v) is 9.68. The average molecular weight is 424 g/mol. The number of hydrogen-bond acceptors (Lipinski definition) is 2.